The molecule has 0 unspecified atom stereocenters. The van der Waals surface area contributed by atoms with Gasteiger partial charge in [-0.05, 0) is 53.8 Å². The second kappa shape index (κ2) is 7.27. The average Bonchev–Trinajstić information content (AvgIpc) is 2.54. The highest BCUT2D eigenvalue weighted by atomic mass is 19.1. The Kier molecular flexibility index (Phi) is 5.37. The molecule has 0 fully saturated rings. The summed E-state index contributed by atoms with van der Waals surface area (Å²) in [6.07, 6.45) is 0.733. The van der Waals surface area contributed by atoms with E-state index in [1.807, 2.05) is 0 Å². The predicted molar refractivity (Wildman–Crippen MR) is 88.3 cm³/mol. The third-order valence-electron chi connectivity index (χ3n) is 3.62. The van der Waals surface area contributed by atoms with Gasteiger partial charge < -0.3 is 9.47 Å². The van der Waals surface area contributed by atoms with Crippen LogP contribution in [-0.4, -0.2) is 20.2 Å². The number of rotatable bonds is 5. The normalized spacial score (nSPS) is 10.7. The minimum Gasteiger partial charge on any atom is -0.497 e. The molecule has 0 radical (unpaired) electrons. The Morgan fingerprint density at radius 3 is 2.43 bits per heavy atom. The van der Waals surface area contributed by atoms with Crippen molar-refractivity contribution >= 4 is 5.97 Å². The Morgan fingerprint density at radius 2 is 1.83 bits per heavy atom. The summed E-state index contributed by atoms with van der Waals surface area (Å²) in [5, 5.41) is 0. The summed E-state index contributed by atoms with van der Waals surface area (Å²) in [5.74, 6) is 0.249. The first kappa shape index (κ1) is 17.0. The highest BCUT2D eigenvalue weighted by molar-refractivity contribution is 5.90. The predicted octanol–water partition coefficient (Wildman–Crippen LogP) is 4.49. The lowest BCUT2D eigenvalue weighted by Gasteiger charge is -2.15. The van der Waals surface area contributed by atoms with Crippen molar-refractivity contribution < 1.29 is 18.7 Å². The number of hydrogen-bond donors (Lipinski definition) is 0. The molecule has 4 heteroatoms. The number of benzene rings is 2. The van der Waals surface area contributed by atoms with Gasteiger partial charge in [0.05, 0.1) is 19.8 Å². The second-order valence-electron chi connectivity index (χ2n) is 5.81. The first-order valence-corrected chi connectivity index (χ1v) is 7.51. The molecule has 2 rings (SSSR count). The molecular weight excluding hydrogens is 295 g/mol. The maximum Gasteiger partial charge on any atom is 0.337 e. The molecular formula is C19H21FO3. The molecule has 0 aliphatic rings. The molecule has 0 saturated carbocycles. The van der Waals surface area contributed by atoms with Gasteiger partial charge in [-0.1, -0.05) is 19.9 Å². The largest absolute Gasteiger partial charge is 0.497 e. The van der Waals surface area contributed by atoms with E-state index in [-0.39, 0.29) is 5.82 Å². The van der Waals surface area contributed by atoms with Gasteiger partial charge in [-0.25, -0.2) is 9.18 Å². The van der Waals surface area contributed by atoms with Crippen LogP contribution >= 0.6 is 0 Å². The van der Waals surface area contributed by atoms with Gasteiger partial charge in [0, 0.05) is 5.56 Å². The zero-order valence-corrected chi connectivity index (χ0v) is 13.9. The van der Waals surface area contributed by atoms with Crippen molar-refractivity contribution in [1.82, 2.24) is 0 Å². The van der Waals surface area contributed by atoms with Gasteiger partial charge in [0.15, 0.2) is 0 Å². The van der Waals surface area contributed by atoms with Crippen molar-refractivity contribution in [3.05, 3.63) is 53.3 Å². The Bertz CT molecular complexity index is 708. The first-order valence-electron chi connectivity index (χ1n) is 7.51. The van der Waals surface area contributed by atoms with Crippen LogP contribution in [0.15, 0.2) is 36.4 Å². The molecule has 122 valence electrons. The van der Waals surface area contributed by atoms with Crippen molar-refractivity contribution in [1.29, 1.82) is 0 Å². The fourth-order valence-corrected chi connectivity index (χ4v) is 2.55. The van der Waals surface area contributed by atoms with E-state index in [1.165, 1.54) is 13.2 Å². The molecule has 0 aromatic heterocycles. The number of carbonyl (C=O) groups excluding carboxylic acids is 1. The lowest BCUT2D eigenvalue weighted by atomic mass is 9.91. The Hall–Kier alpha value is -2.36. The van der Waals surface area contributed by atoms with Crippen LogP contribution in [0.4, 0.5) is 4.39 Å². The van der Waals surface area contributed by atoms with Crippen molar-refractivity contribution in [3.8, 4) is 16.9 Å². The van der Waals surface area contributed by atoms with Gasteiger partial charge in [-0.3, -0.25) is 0 Å². The number of esters is 1. The van der Waals surface area contributed by atoms with E-state index in [4.69, 9.17) is 9.47 Å². The molecule has 2 aromatic carbocycles. The number of halogens is 1. The monoisotopic (exact) mass is 316 g/mol. The molecule has 0 N–H and O–H groups in total. The smallest absolute Gasteiger partial charge is 0.337 e. The minimum absolute atomic E-state index is 0.318. The van der Waals surface area contributed by atoms with E-state index in [9.17, 15) is 9.18 Å². The number of methoxy groups -OCH3 is 2. The van der Waals surface area contributed by atoms with E-state index in [2.05, 4.69) is 13.8 Å². The molecule has 0 heterocycles. The lowest BCUT2D eigenvalue weighted by Crippen LogP contribution is -2.05. The quantitative estimate of drug-likeness (QED) is 0.763. The van der Waals surface area contributed by atoms with E-state index >= 15 is 0 Å². The summed E-state index contributed by atoms with van der Waals surface area (Å²) < 4.78 is 24.2. The van der Waals surface area contributed by atoms with Crippen molar-refractivity contribution in [3.63, 3.8) is 0 Å². The molecule has 0 spiro atoms. The molecule has 2 aromatic rings. The lowest BCUT2D eigenvalue weighted by molar-refractivity contribution is 0.0600. The topological polar surface area (TPSA) is 35.5 Å². The first-order chi connectivity index (χ1) is 11.0. The SMILES string of the molecule is COC(=O)c1ccc(-c2cc(OC)ccc2F)c(CC(C)C)c1. The van der Waals surface area contributed by atoms with E-state index in [0.717, 1.165) is 17.5 Å². The zero-order valence-electron chi connectivity index (χ0n) is 13.9. The van der Waals surface area contributed by atoms with Crippen LogP contribution in [0.25, 0.3) is 11.1 Å². The van der Waals surface area contributed by atoms with E-state index in [1.54, 1.807) is 37.4 Å². The molecule has 23 heavy (non-hydrogen) atoms. The molecule has 0 aliphatic carbocycles. The maximum absolute atomic E-state index is 14.3. The van der Waals surface area contributed by atoms with Gasteiger partial charge >= 0.3 is 5.97 Å². The Morgan fingerprint density at radius 1 is 1.09 bits per heavy atom. The Labute approximate surface area is 136 Å². The third kappa shape index (κ3) is 3.89. The van der Waals surface area contributed by atoms with E-state index < -0.39 is 5.97 Å². The summed E-state index contributed by atoms with van der Waals surface area (Å²) in [5.41, 5.74) is 2.62. The van der Waals surface area contributed by atoms with Crippen LogP contribution in [0.5, 0.6) is 5.75 Å². The van der Waals surface area contributed by atoms with Crippen molar-refractivity contribution in [2.24, 2.45) is 5.92 Å². The molecule has 0 atom stereocenters. The standard InChI is InChI=1S/C19H21FO3/c1-12(2)9-14-10-13(19(21)23-4)5-7-16(14)17-11-15(22-3)6-8-18(17)20/h5-8,10-12H,9H2,1-4H3. The molecule has 0 bridgehead atoms. The fourth-order valence-electron chi connectivity index (χ4n) is 2.55. The van der Waals surface area contributed by atoms with Gasteiger partial charge in [0.2, 0.25) is 0 Å². The van der Waals surface area contributed by atoms with Crippen LogP contribution in [0, 0.1) is 11.7 Å². The summed E-state index contributed by atoms with van der Waals surface area (Å²) in [6, 6.07) is 9.85. The van der Waals surface area contributed by atoms with Crippen molar-refractivity contribution in [2.45, 2.75) is 20.3 Å². The van der Waals surface area contributed by atoms with Crippen LogP contribution in [0.1, 0.15) is 29.8 Å². The van der Waals surface area contributed by atoms with Crippen LogP contribution < -0.4 is 4.74 Å². The molecule has 3 nitrogen and oxygen atoms in total. The Balaban J connectivity index is 2.59. The molecule has 0 saturated heterocycles. The van der Waals surface area contributed by atoms with Crippen molar-refractivity contribution in [2.75, 3.05) is 14.2 Å². The maximum atomic E-state index is 14.3. The highest BCUT2D eigenvalue weighted by Gasteiger charge is 2.15. The molecule has 0 aliphatic heterocycles. The van der Waals surface area contributed by atoms with Crippen LogP contribution in [-0.2, 0) is 11.2 Å². The summed E-state index contributed by atoms with van der Waals surface area (Å²) in [4.78, 5) is 11.8. The third-order valence-corrected chi connectivity index (χ3v) is 3.62. The second-order valence-corrected chi connectivity index (χ2v) is 5.81. The minimum atomic E-state index is -0.396. The van der Waals surface area contributed by atoms with Gasteiger partial charge in [-0.2, -0.15) is 0 Å². The van der Waals surface area contributed by atoms with Gasteiger partial charge in [0.25, 0.3) is 0 Å². The average molecular weight is 316 g/mol. The van der Waals surface area contributed by atoms with Gasteiger partial charge in [0.1, 0.15) is 11.6 Å². The summed E-state index contributed by atoms with van der Waals surface area (Å²) in [7, 11) is 2.90. The highest BCUT2D eigenvalue weighted by Crippen LogP contribution is 2.31. The van der Waals surface area contributed by atoms with Gasteiger partial charge in [-0.15, -0.1) is 0 Å². The molecule has 0 amide bonds. The van der Waals surface area contributed by atoms with Crippen LogP contribution in [0.3, 0.4) is 0 Å². The fraction of sp³-hybridized carbons (Fsp3) is 0.316. The number of carbonyl (C=O) groups is 1. The number of hydrogen-bond acceptors (Lipinski definition) is 3. The summed E-state index contributed by atoms with van der Waals surface area (Å²) >= 11 is 0. The number of ether oxygens (including phenoxy) is 2. The van der Waals surface area contributed by atoms with E-state index in [0.29, 0.717) is 22.8 Å². The summed E-state index contributed by atoms with van der Waals surface area (Å²) in [6.45, 7) is 4.16. The zero-order chi connectivity index (χ0) is 17.0. The van der Waals surface area contributed by atoms with Crippen LogP contribution in [0.2, 0.25) is 0 Å².